The van der Waals surface area contributed by atoms with Crippen molar-refractivity contribution in [1.82, 2.24) is 4.98 Å². The average molecular weight is 162 g/mol. The highest BCUT2D eigenvalue weighted by molar-refractivity contribution is 5.94. The lowest BCUT2D eigenvalue weighted by Crippen LogP contribution is -2.08. The molecule has 0 radical (unpaired) electrons. The second kappa shape index (κ2) is 2.93. The molecule has 0 amide bonds. The third-order valence-electron chi connectivity index (χ3n) is 1.71. The third-order valence-corrected chi connectivity index (χ3v) is 1.71. The van der Waals surface area contributed by atoms with Crippen LogP contribution in [-0.2, 0) is 4.74 Å². The van der Waals surface area contributed by atoms with Crippen LogP contribution in [0.4, 0.5) is 0 Å². The average Bonchev–Trinajstić information content (AvgIpc) is 2.54. The molecule has 0 bridgehead atoms. The minimum atomic E-state index is 0.209. The molecule has 1 unspecified atom stereocenters. The second-order valence-electron chi connectivity index (χ2n) is 2.82. The Morgan fingerprint density at radius 2 is 2.50 bits per heavy atom. The summed E-state index contributed by atoms with van der Waals surface area (Å²) in [6.45, 7) is 2.76. The first-order valence-electron chi connectivity index (χ1n) is 3.98. The van der Waals surface area contributed by atoms with E-state index in [1.54, 1.807) is 12.4 Å². The van der Waals surface area contributed by atoms with Crippen LogP contribution in [0.25, 0.3) is 0 Å². The van der Waals surface area contributed by atoms with Crippen LogP contribution < -0.4 is 0 Å². The van der Waals surface area contributed by atoms with Gasteiger partial charge in [-0.3, -0.25) is 4.98 Å². The summed E-state index contributed by atoms with van der Waals surface area (Å²) >= 11 is 0. The van der Waals surface area contributed by atoms with Crippen LogP contribution in [0.3, 0.4) is 0 Å². The van der Waals surface area contributed by atoms with Crippen molar-refractivity contribution >= 4 is 5.90 Å². The zero-order chi connectivity index (χ0) is 8.39. The summed E-state index contributed by atoms with van der Waals surface area (Å²) in [5, 5.41) is 0. The normalized spacial score (nSPS) is 21.8. The Hall–Kier alpha value is -1.38. The predicted molar refractivity (Wildman–Crippen MR) is 46.2 cm³/mol. The van der Waals surface area contributed by atoms with E-state index >= 15 is 0 Å². The topological polar surface area (TPSA) is 34.5 Å². The summed E-state index contributed by atoms with van der Waals surface area (Å²) in [6, 6.07) is 3.83. The van der Waals surface area contributed by atoms with E-state index in [1.165, 1.54) is 0 Å². The molecule has 0 fully saturated rings. The van der Waals surface area contributed by atoms with Crippen LogP contribution in [0.15, 0.2) is 29.5 Å². The fourth-order valence-electron chi connectivity index (χ4n) is 1.13. The monoisotopic (exact) mass is 162 g/mol. The first-order valence-corrected chi connectivity index (χ1v) is 3.98. The van der Waals surface area contributed by atoms with Gasteiger partial charge in [0.25, 0.3) is 0 Å². The van der Waals surface area contributed by atoms with E-state index in [2.05, 4.69) is 9.98 Å². The van der Waals surface area contributed by atoms with E-state index in [4.69, 9.17) is 4.74 Å². The van der Waals surface area contributed by atoms with Gasteiger partial charge in [-0.25, -0.2) is 4.99 Å². The SMILES string of the molecule is CC1CN=C(c2cccnc2)O1. The van der Waals surface area contributed by atoms with Gasteiger partial charge in [0, 0.05) is 12.4 Å². The Morgan fingerprint density at radius 3 is 3.08 bits per heavy atom. The van der Waals surface area contributed by atoms with Gasteiger partial charge in [0.2, 0.25) is 5.90 Å². The Morgan fingerprint density at radius 1 is 1.58 bits per heavy atom. The highest BCUT2D eigenvalue weighted by atomic mass is 16.5. The van der Waals surface area contributed by atoms with Gasteiger partial charge in [0.1, 0.15) is 6.10 Å². The highest BCUT2D eigenvalue weighted by Gasteiger charge is 2.15. The summed E-state index contributed by atoms with van der Waals surface area (Å²) in [4.78, 5) is 8.23. The predicted octanol–water partition coefficient (Wildman–Crippen LogP) is 1.25. The molecule has 0 N–H and O–H groups in total. The number of aromatic nitrogens is 1. The molecule has 62 valence electrons. The van der Waals surface area contributed by atoms with E-state index in [9.17, 15) is 0 Å². The van der Waals surface area contributed by atoms with Gasteiger partial charge in [-0.2, -0.15) is 0 Å². The van der Waals surface area contributed by atoms with Crippen molar-refractivity contribution < 1.29 is 4.74 Å². The maximum Gasteiger partial charge on any atom is 0.218 e. The molecule has 12 heavy (non-hydrogen) atoms. The van der Waals surface area contributed by atoms with Crippen LogP contribution >= 0.6 is 0 Å². The van der Waals surface area contributed by atoms with E-state index in [1.807, 2.05) is 19.1 Å². The van der Waals surface area contributed by atoms with Crippen molar-refractivity contribution in [2.75, 3.05) is 6.54 Å². The summed E-state index contributed by atoms with van der Waals surface area (Å²) < 4.78 is 5.46. The Kier molecular flexibility index (Phi) is 1.78. The van der Waals surface area contributed by atoms with Gasteiger partial charge in [0.05, 0.1) is 12.1 Å². The second-order valence-corrected chi connectivity index (χ2v) is 2.82. The van der Waals surface area contributed by atoms with E-state index < -0.39 is 0 Å². The van der Waals surface area contributed by atoms with Crippen molar-refractivity contribution in [2.24, 2.45) is 4.99 Å². The van der Waals surface area contributed by atoms with Crippen molar-refractivity contribution in [3.63, 3.8) is 0 Å². The first-order chi connectivity index (χ1) is 5.86. The quantitative estimate of drug-likeness (QED) is 0.622. The number of pyridine rings is 1. The summed E-state index contributed by atoms with van der Waals surface area (Å²) in [5.41, 5.74) is 0.960. The Labute approximate surface area is 71.1 Å². The standard InChI is InChI=1S/C9H10N2O/c1-7-5-11-9(12-7)8-3-2-4-10-6-8/h2-4,6-7H,5H2,1H3. The van der Waals surface area contributed by atoms with Gasteiger partial charge in [0.15, 0.2) is 0 Å². The molecule has 0 saturated heterocycles. The van der Waals surface area contributed by atoms with Gasteiger partial charge < -0.3 is 4.74 Å². The molecule has 2 heterocycles. The zero-order valence-corrected chi connectivity index (χ0v) is 6.90. The van der Waals surface area contributed by atoms with Crippen LogP contribution in [0.2, 0.25) is 0 Å². The van der Waals surface area contributed by atoms with Crippen LogP contribution in [0.5, 0.6) is 0 Å². The van der Waals surface area contributed by atoms with Gasteiger partial charge >= 0.3 is 0 Å². The van der Waals surface area contributed by atoms with Crippen molar-refractivity contribution in [1.29, 1.82) is 0 Å². The van der Waals surface area contributed by atoms with Crippen molar-refractivity contribution in [3.05, 3.63) is 30.1 Å². The molecule has 3 nitrogen and oxygen atoms in total. The van der Waals surface area contributed by atoms with Crippen LogP contribution in [0, 0.1) is 0 Å². The van der Waals surface area contributed by atoms with Crippen LogP contribution in [-0.4, -0.2) is 23.5 Å². The van der Waals surface area contributed by atoms with Crippen molar-refractivity contribution in [2.45, 2.75) is 13.0 Å². The molecule has 3 heteroatoms. The molecular formula is C9H10N2O. The maximum atomic E-state index is 5.46. The highest BCUT2D eigenvalue weighted by Crippen LogP contribution is 2.10. The van der Waals surface area contributed by atoms with Crippen LogP contribution in [0.1, 0.15) is 12.5 Å². The van der Waals surface area contributed by atoms with E-state index in [0.717, 1.165) is 18.0 Å². The molecule has 0 aromatic carbocycles. The number of nitrogens with zero attached hydrogens (tertiary/aromatic N) is 2. The lowest BCUT2D eigenvalue weighted by atomic mass is 10.3. The smallest absolute Gasteiger partial charge is 0.218 e. The summed E-state index contributed by atoms with van der Waals surface area (Å²) in [6.07, 6.45) is 3.71. The third kappa shape index (κ3) is 1.30. The molecule has 1 aliphatic heterocycles. The fraction of sp³-hybridized carbons (Fsp3) is 0.333. The first kappa shape index (κ1) is 7.28. The molecule has 1 aromatic rings. The molecule has 0 saturated carbocycles. The molecule has 1 atom stereocenters. The van der Waals surface area contributed by atoms with E-state index in [-0.39, 0.29) is 6.10 Å². The van der Waals surface area contributed by atoms with Gasteiger partial charge in [-0.15, -0.1) is 0 Å². The number of aliphatic imine (C=N–C) groups is 1. The Balaban J connectivity index is 2.22. The zero-order valence-electron chi connectivity index (χ0n) is 6.90. The number of rotatable bonds is 1. The molecule has 2 rings (SSSR count). The fourth-order valence-corrected chi connectivity index (χ4v) is 1.13. The molecule has 0 spiro atoms. The molecule has 1 aliphatic rings. The summed E-state index contributed by atoms with van der Waals surface area (Å²) in [5.74, 6) is 0.718. The molecular weight excluding hydrogens is 152 g/mol. The number of hydrogen-bond acceptors (Lipinski definition) is 3. The van der Waals surface area contributed by atoms with Gasteiger partial charge in [-0.1, -0.05) is 0 Å². The van der Waals surface area contributed by atoms with Gasteiger partial charge in [-0.05, 0) is 19.1 Å². The largest absolute Gasteiger partial charge is 0.472 e. The summed E-state index contributed by atoms with van der Waals surface area (Å²) in [7, 11) is 0. The molecule has 1 aromatic heterocycles. The molecule has 0 aliphatic carbocycles. The maximum absolute atomic E-state index is 5.46. The number of hydrogen-bond donors (Lipinski definition) is 0. The van der Waals surface area contributed by atoms with E-state index in [0.29, 0.717) is 0 Å². The minimum absolute atomic E-state index is 0.209. The Bertz CT molecular complexity index is 295. The lowest BCUT2D eigenvalue weighted by Gasteiger charge is -2.03. The minimum Gasteiger partial charge on any atom is -0.472 e. The lowest BCUT2D eigenvalue weighted by molar-refractivity contribution is 0.246. The number of ether oxygens (including phenoxy) is 1. The van der Waals surface area contributed by atoms with Crippen molar-refractivity contribution in [3.8, 4) is 0 Å².